The highest BCUT2D eigenvalue weighted by Crippen LogP contribution is 2.37. The molecular formula is C25H26F4N4O2S. The summed E-state index contributed by atoms with van der Waals surface area (Å²) >= 11 is 1.48. The second-order valence-electron chi connectivity index (χ2n) is 8.95. The molecule has 0 aliphatic carbocycles. The van der Waals surface area contributed by atoms with Gasteiger partial charge in [0.05, 0.1) is 34.9 Å². The molecule has 1 N–H and O–H groups in total. The number of morpholine rings is 1. The molecule has 1 fully saturated rings. The lowest BCUT2D eigenvalue weighted by Crippen LogP contribution is -2.45. The summed E-state index contributed by atoms with van der Waals surface area (Å²) in [6.07, 6.45) is -4.85. The van der Waals surface area contributed by atoms with Crippen LogP contribution >= 0.6 is 11.3 Å². The zero-order chi connectivity index (χ0) is 26.2. The number of alkyl halides is 3. The number of benzene rings is 1. The zero-order valence-electron chi connectivity index (χ0n) is 20.2. The maximum absolute atomic E-state index is 13.6. The molecule has 0 saturated carbocycles. The summed E-state index contributed by atoms with van der Waals surface area (Å²) in [5.74, 6) is -2.18. The first-order valence-corrected chi connectivity index (χ1v) is 12.2. The van der Waals surface area contributed by atoms with Crippen molar-refractivity contribution in [1.82, 2.24) is 15.3 Å². The highest BCUT2D eigenvalue weighted by Gasteiger charge is 2.34. The largest absolute Gasteiger partial charge is 0.419 e. The number of thiazole rings is 1. The van der Waals surface area contributed by atoms with E-state index < -0.39 is 23.5 Å². The molecule has 192 valence electrons. The van der Waals surface area contributed by atoms with Gasteiger partial charge in [0.25, 0.3) is 5.91 Å². The van der Waals surface area contributed by atoms with Gasteiger partial charge in [-0.1, -0.05) is 11.3 Å². The Bertz CT molecular complexity index is 1250. The van der Waals surface area contributed by atoms with Gasteiger partial charge in [0.15, 0.2) is 5.13 Å². The quantitative estimate of drug-likeness (QED) is 0.447. The van der Waals surface area contributed by atoms with Crippen molar-refractivity contribution in [1.29, 1.82) is 0 Å². The number of pyridine rings is 1. The van der Waals surface area contributed by atoms with Gasteiger partial charge in [-0.05, 0) is 63.6 Å². The van der Waals surface area contributed by atoms with E-state index in [4.69, 9.17) is 9.72 Å². The molecule has 0 spiro atoms. The van der Waals surface area contributed by atoms with Crippen molar-refractivity contribution in [2.24, 2.45) is 0 Å². The molecule has 2 atom stereocenters. The average molecular weight is 523 g/mol. The van der Waals surface area contributed by atoms with Crippen LogP contribution in [0.15, 0.2) is 30.3 Å². The van der Waals surface area contributed by atoms with E-state index in [-0.39, 0.29) is 24.3 Å². The summed E-state index contributed by atoms with van der Waals surface area (Å²) in [6.45, 7) is 9.06. The number of rotatable bonds is 5. The van der Waals surface area contributed by atoms with Gasteiger partial charge in [0, 0.05) is 30.0 Å². The molecule has 0 radical (unpaired) electrons. The molecule has 1 amide bonds. The minimum atomic E-state index is -4.90. The third-order valence-electron chi connectivity index (χ3n) is 5.67. The molecule has 6 nitrogen and oxygen atoms in total. The minimum absolute atomic E-state index is 0.0146. The first kappa shape index (κ1) is 26.0. The van der Waals surface area contributed by atoms with Crippen LogP contribution in [0.3, 0.4) is 0 Å². The average Bonchev–Trinajstić information content (AvgIpc) is 3.20. The Balaban J connectivity index is 1.64. The fourth-order valence-electron chi connectivity index (χ4n) is 4.27. The standard InChI is InChI=1S/C25H26F4N4O2S/c1-13-7-18(8-14(2)31-13)22-21(32-24(36-22)33-11-15(3)35-16(4)12-33)10-30-23(34)17-5-6-20(26)19(9-17)25(27,28)29/h5-9,15-16H,10-12H2,1-4H3,(H,30,34)/t15-,16+. The van der Waals surface area contributed by atoms with Crippen LogP contribution in [0.5, 0.6) is 0 Å². The maximum Gasteiger partial charge on any atom is 0.419 e. The van der Waals surface area contributed by atoms with Crippen LogP contribution in [-0.2, 0) is 17.5 Å². The van der Waals surface area contributed by atoms with Crippen LogP contribution in [0.25, 0.3) is 10.4 Å². The minimum Gasteiger partial charge on any atom is -0.372 e. The van der Waals surface area contributed by atoms with Crippen molar-refractivity contribution in [3.8, 4) is 10.4 Å². The molecule has 36 heavy (non-hydrogen) atoms. The van der Waals surface area contributed by atoms with Crippen molar-refractivity contribution < 1.29 is 27.1 Å². The molecule has 1 aliphatic heterocycles. The summed E-state index contributed by atoms with van der Waals surface area (Å²) in [6, 6.07) is 6.04. The molecule has 3 aromatic rings. The van der Waals surface area contributed by atoms with Crippen molar-refractivity contribution in [2.45, 2.75) is 52.6 Å². The van der Waals surface area contributed by atoms with Gasteiger partial charge < -0.3 is 15.0 Å². The third-order valence-corrected chi connectivity index (χ3v) is 6.88. The summed E-state index contributed by atoms with van der Waals surface area (Å²) in [7, 11) is 0. The number of ether oxygens (including phenoxy) is 1. The fourth-order valence-corrected chi connectivity index (χ4v) is 5.36. The number of anilines is 1. The van der Waals surface area contributed by atoms with Crippen LogP contribution in [0.1, 0.15) is 46.9 Å². The monoisotopic (exact) mass is 522 g/mol. The number of amides is 1. The second-order valence-corrected chi connectivity index (χ2v) is 9.93. The van der Waals surface area contributed by atoms with Crippen LogP contribution < -0.4 is 10.2 Å². The van der Waals surface area contributed by atoms with Crippen molar-refractivity contribution in [2.75, 3.05) is 18.0 Å². The molecule has 1 aromatic carbocycles. The fraction of sp³-hybridized carbons (Fsp3) is 0.400. The Morgan fingerprint density at radius 3 is 2.36 bits per heavy atom. The van der Waals surface area contributed by atoms with Gasteiger partial charge in [-0.2, -0.15) is 13.2 Å². The van der Waals surface area contributed by atoms with Gasteiger partial charge in [-0.25, -0.2) is 9.37 Å². The van der Waals surface area contributed by atoms with Crippen LogP contribution in [0.2, 0.25) is 0 Å². The molecule has 3 heterocycles. The van der Waals surface area contributed by atoms with Crippen molar-refractivity contribution in [3.05, 3.63) is 64.4 Å². The van der Waals surface area contributed by atoms with E-state index in [2.05, 4.69) is 15.2 Å². The summed E-state index contributed by atoms with van der Waals surface area (Å²) < 4.78 is 58.7. The molecule has 0 bridgehead atoms. The van der Waals surface area contributed by atoms with E-state index in [9.17, 15) is 22.4 Å². The lowest BCUT2D eigenvalue weighted by molar-refractivity contribution is -0.140. The van der Waals surface area contributed by atoms with Gasteiger partial charge in [0.2, 0.25) is 0 Å². The number of aromatic nitrogens is 2. The summed E-state index contributed by atoms with van der Waals surface area (Å²) in [5.41, 5.74) is 1.36. The van der Waals surface area contributed by atoms with Crippen LogP contribution in [0.4, 0.5) is 22.7 Å². The van der Waals surface area contributed by atoms with Crippen LogP contribution in [-0.4, -0.2) is 41.2 Å². The number of carbonyl (C=O) groups is 1. The van der Waals surface area contributed by atoms with Gasteiger partial charge in [-0.15, -0.1) is 0 Å². The third kappa shape index (κ3) is 5.84. The number of halogens is 4. The van der Waals surface area contributed by atoms with E-state index in [1.165, 1.54) is 11.3 Å². The SMILES string of the molecule is Cc1cc(-c2sc(N3C[C@@H](C)O[C@@H](C)C3)nc2CNC(=O)c2ccc(F)c(C(F)(F)F)c2)cc(C)n1. The number of nitrogens with one attached hydrogen (secondary N) is 1. The number of nitrogens with zero attached hydrogens (tertiary/aromatic N) is 3. The second kappa shape index (κ2) is 10.1. The predicted molar refractivity (Wildman–Crippen MR) is 130 cm³/mol. The lowest BCUT2D eigenvalue weighted by Gasteiger charge is -2.35. The maximum atomic E-state index is 13.6. The first-order chi connectivity index (χ1) is 16.9. The molecule has 1 saturated heterocycles. The normalized spacial score (nSPS) is 18.4. The Morgan fingerprint density at radius 1 is 1.11 bits per heavy atom. The molecule has 4 rings (SSSR count). The number of hydrogen-bond acceptors (Lipinski definition) is 6. The topological polar surface area (TPSA) is 67.3 Å². The van der Waals surface area contributed by atoms with E-state index >= 15 is 0 Å². The van der Waals surface area contributed by atoms with Crippen molar-refractivity contribution >= 4 is 22.4 Å². The van der Waals surface area contributed by atoms with E-state index in [0.717, 1.165) is 33.0 Å². The number of carbonyl (C=O) groups excluding carboxylic acids is 1. The zero-order valence-corrected chi connectivity index (χ0v) is 21.1. The first-order valence-electron chi connectivity index (χ1n) is 11.4. The summed E-state index contributed by atoms with van der Waals surface area (Å²) in [4.78, 5) is 24.9. The Morgan fingerprint density at radius 2 is 1.75 bits per heavy atom. The highest BCUT2D eigenvalue weighted by atomic mass is 32.1. The lowest BCUT2D eigenvalue weighted by atomic mass is 10.1. The van der Waals surface area contributed by atoms with E-state index in [1.54, 1.807) is 0 Å². The van der Waals surface area contributed by atoms with Crippen molar-refractivity contribution in [3.63, 3.8) is 0 Å². The predicted octanol–water partition coefficient (Wildman–Crippen LogP) is 5.52. The van der Waals surface area contributed by atoms with Gasteiger partial charge in [-0.3, -0.25) is 9.78 Å². The molecule has 2 aromatic heterocycles. The van der Waals surface area contributed by atoms with E-state index in [0.29, 0.717) is 30.9 Å². The number of hydrogen-bond donors (Lipinski definition) is 1. The molecule has 11 heteroatoms. The van der Waals surface area contributed by atoms with E-state index in [1.807, 2.05) is 39.8 Å². The molecule has 1 aliphatic rings. The highest BCUT2D eigenvalue weighted by molar-refractivity contribution is 7.19. The smallest absolute Gasteiger partial charge is 0.372 e. The van der Waals surface area contributed by atoms with Crippen LogP contribution in [0, 0.1) is 19.7 Å². The summed E-state index contributed by atoms with van der Waals surface area (Å²) in [5, 5.41) is 3.41. The Kier molecular flexibility index (Phi) is 7.33. The Hall–Kier alpha value is -3.05. The van der Waals surface area contributed by atoms with Gasteiger partial charge in [0.1, 0.15) is 5.82 Å². The molecular weight excluding hydrogens is 496 g/mol. The Labute approximate surface area is 210 Å². The van der Waals surface area contributed by atoms with Gasteiger partial charge >= 0.3 is 6.18 Å². The molecule has 0 unspecified atom stereocenters. The number of aryl methyl sites for hydroxylation is 2.